The van der Waals surface area contributed by atoms with Crippen LogP contribution in [0.5, 0.6) is 0 Å². The number of carbonyl (C=O) groups is 3. The van der Waals surface area contributed by atoms with Crippen LogP contribution in [0.3, 0.4) is 0 Å². The quantitative estimate of drug-likeness (QED) is 0.425. The van der Waals surface area contributed by atoms with Crippen LogP contribution in [-0.4, -0.2) is 47.4 Å². The molecule has 0 saturated heterocycles. The van der Waals surface area contributed by atoms with E-state index in [0.717, 1.165) is 34.4 Å². The number of benzene rings is 3. The second-order valence-electron chi connectivity index (χ2n) is 7.69. The summed E-state index contributed by atoms with van der Waals surface area (Å²) in [5.74, 6) is -3.57. The van der Waals surface area contributed by atoms with E-state index in [1.165, 1.54) is 6.07 Å². The summed E-state index contributed by atoms with van der Waals surface area (Å²) < 4.78 is 19.6. The third-order valence-corrected chi connectivity index (χ3v) is 5.59. The molecule has 0 heterocycles. The molecule has 0 fully saturated rings. The van der Waals surface area contributed by atoms with Crippen LogP contribution in [0.1, 0.15) is 27.4 Å². The molecule has 1 atom stereocenters. The Hall–Kier alpha value is -4.24. The van der Waals surface area contributed by atoms with Gasteiger partial charge in [0, 0.05) is 11.6 Å². The Morgan fingerprint density at radius 2 is 1.59 bits per heavy atom. The third-order valence-electron chi connectivity index (χ3n) is 5.59. The molecule has 4 N–H and O–H groups in total. The summed E-state index contributed by atoms with van der Waals surface area (Å²) in [6.07, 6.45) is -0.793. The highest BCUT2D eigenvalue weighted by Gasteiger charge is 2.29. The van der Waals surface area contributed by atoms with Gasteiger partial charge < -0.3 is 20.3 Å². The van der Waals surface area contributed by atoms with E-state index >= 15 is 0 Å². The minimum absolute atomic E-state index is 0.0746. The van der Waals surface area contributed by atoms with E-state index in [1.807, 2.05) is 53.8 Å². The van der Waals surface area contributed by atoms with Gasteiger partial charge in [0.25, 0.3) is 5.91 Å². The van der Waals surface area contributed by atoms with Crippen LogP contribution in [0, 0.1) is 5.82 Å². The van der Waals surface area contributed by atoms with Gasteiger partial charge in [-0.15, -0.1) is 0 Å². The van der Waals surface area contributed by atoms with Crippen LogP contribution in [0.15, 0.2) is 66.7 Å². The highest BCUT2D eigenvalue weighted by molar-refractivity contribution is 5.98. The fourth-order valence-electron chi connectivity index (χ4n) is 3.95. The zero-order valence-corrected chi connectivity index (χ0v) is 17.8. The van der Waals surface area contributed by atoms with Gasteiger partial charge in [0.05, 0.1) is 12.2 Å². The van der Waals surface area contributed by atoms with Gasteiger partial charge >= 0.3 is 12.1 Å². The second kappa shape index (κ2) is 9.72. The summed E-state index contributed by atoms with van der Waals surface area (Å²) in [5.41, 5.74) is 3.87. The summed E-state index contributed by atoms with van der Waals surface area (Å²) in [4.78, 5) is 35.7. The van der Waals surface area contributed by atoms with Gasteiger partial charge in [0.2, 0.25) is 0 Å². The maximum Gasteiger partial charge on any atom is 0.411 e. The number of rotatable bonds is 7. The Balaban J connectivity index is 1.44. The van der Waals surface area contributed by atoms with E-state index in [1.54, 1.807) is 0 Å². The number of aliphatic carboxylic acids is 1. The second-order valence-corrected chi connectivity index (χ2v) is 7.69. The average Bonchev–Trinajstić information content (AvgIpc) is 3.15. The first-order valence-corrected chi connectivity index (χ1v) is 10.4. The Labute approximate surface area is 194 Å². The van der Waals surface area contributed by atoms with Crippen molar-refractivity contribution in [2.24, 2.45) is 0 Å². The number of halogens is 1. The molecule has 0 saturated carbocycles. The summed E-state index contributed by atoms with van der Waals surface area (Å²) in [6, 6.07) is 17.4. The van der Waals surface area contributed by atoms with Crippen molar-refractivity contribution >= 4 is 23.7 Å². The third kappa shape index (κ3) is 4.60. The number of carbonyl (C=O) groups excluding carboxylic acids is 2. The predicted octanol–water partition coefficient (Wildman–Crippen LogP) is 3.36. The lowest BCUT2D eigenvalue weighted by molar-refractivity contribution is -0.140. The molecular formula is C25H21FN2O6. The molecule has 34 heavy (non-hydrogen) atoms. The number of carboxylic acid groups (broad SMARTS) is 1. The number of anilines is 1. The zero-order chi connectivity index (χ0) is 24.2. The van der Waals surface area contributed by atoms with Crippen molar-refractivity contribution in [3.8, 4) is 11.1 Å². The maximum absolute atomic E-state index is 14.1. The van der Waals surface area contributed by atoms with Crippen molar-refractivity contribution in [1.82, 2.24) is 5.32 Å². The maximum atomic E-state index is 14.1. The number of fused-ring (bicyclic) bond motifs is 3. The molecule has 174 valence electrons. The number of nitrogens with one attached hydrogen (secondary N) is 2. The van der Waals surface area contributed by atoms with E-state index in [9.17, 15) is 18.8 Å². The van der Waals surface area contributed by atoms with Crippen molar-refractivity contribution in [3.05, 3.63) is 89.2 Å². The molecule has 0 aliphatic heterocycles. The molecular weight excluding hydrogens is 443 g/mol. The Kier molecular flexibility index (Phi) is 6.55. The Morgan fingerprint density at radius 3 is 2.18 bits per heavy atom. The summed E-state index contributed by atoms with van der Waals surface area (Å²) >= 11 is 0. The standard InChI is InChI=1S/C25H21FN2O6/c26-21-10-9-14(11-19(21)23(30)28-22(12-29)24(31)32)27-25(33)34-13-20-17-7-3-1-5-15(17)16-6-2-4-8-18(16)20/h1-11,20,22,29H,12-13H2,(H,27,33)(H,28,30)(H,31,32)/t22-/m0/s1. The van der Waals surface area contributed by atoms with Crippen molar-refractivity contribution in [2.75, 3.05) is 18.5 Å². The number of amides is 2. The number of carboxylic acids is 1. The summed E-state index contributed by atoms with van der Waals surface area (Å²) in [7, 11) is 0. The van der Waals surface area contributed by atoms with Crippen LogP contribution in [-0.2, 0) is 9.53 Å². The largest absolute Gasteiger partial charge is 0.480 e. The number of aliphatic hydroxyl groups excluding tert-OH is 1. The van der Waals surface area contributed by atoms with Gasteiger partial charge in [-0.2, -0.15) is 0 Å². The number of hydrogen-bond acceptors (Lipinski definition) is 5. The first kappa shape index (κ1) is 22.9. The van der Waals surface area contributed by atoms with Crippen molar-refractivity contribution < 1.29 is 33.7 Å². The molecule has 0 unspecified atom stereocenters. The average molecular weight is 464 g/mol. The van der Waals surface area contributed by atoms with Crippen LogP contribution >= 0.6 is 0 Å². The first-order chi connectivity index (χ1) is 16.4. The SMILES string of the molecule is O=C(Nc1ccc(F)c(C(=O)N[C@@H](CO)C(=O)O)c1)OCC1c2ccccc2-c2ccccc21. The van der Waals surface area contributed by atoms with Gasteiger partial charge in [0.1, 0.15) is 12.4 Å². The number of aliphatic hydroxyl groups is 1. The first-order valence-electron chi connectivity index (χ1n) is 10.4. The van der Waals surface area contributed by atoms with Crippen LogP contribution in [0.4, 0.5) is 14.9 Å². The van der Waals surface area contributed by atoms with Crippen LogP contribution in [0.25, 0.3) is 11.1 Å². The topological polar surface area (TPSA) is 125 Å². The summed E-state index contributed by atoms with van der Waals surface area (Å²) in [6.45, 7) is -0.786. The fourth-order valence-corrected chi connectivity index (χ4v) is 3.95. The van der Waals surface area contributed by atoms with Gasteiger partial charge in [-0.25, -0.2) is 14.0 Å². The molecule has 1 aliphatic carbocycles. The van der Waals surface area contributed by atoms with Crippen molar-refractivity contribution in [2.45, 2.75) is 12.0 Å². The molecule has 0 aromatic heterocycles. The highest BCUT2D eigenvalue weighted by Crippen LogP contribution is 2.44. The molecule has 3 aromatic carbocycles. The van der Waals surface area contributed by atoms with Gasteiger partial charge in [-0.05, 0) is 40.5 Å². The predicted molar refractivity (Wildman–Crippen MR) is 121 cm³/mol. The van der Waals surface area contributed by atoms with Gasteiger partial charge in [0.15, 0.2) is 6.04 Å². The lowest BCUT2D eigenvalue weighted by atomic mass is 9.98. The number of ether oxygens (including phenoxy) is 1. The van der Waals surface area contributed by atoms with Crippen LogP contribution in [0.2, 0.25) is 0 Å². The molecule has 9 heteroatoms. The number of hydrogen-bond donors (Lipinski definition) is 4. The molecule has 4 rings (SSSR count). The highest BCUT2D eigenvalue weighted by atomic mass is 19.1. The molecule has 1 aliphatic rings. The Bertz CT molecular complexity index is 1220. The molecule has 0 bridgehead atoms. The van der Waals surface area contributed by atoms with Gasteiger partial charge in [-0.3, -0.25) is 10.1 Å². The van der Waals surface area contributed by atoms with E-state index in [4.69, 9.17) is 14.9 Å². The summed E-state index contributed by atoms with van der Waals surface area (Å²) in [5, 5.41) is 22.5. The minimum atomic E-state index is -1.59. The van der Waals surface area contributed by atoms with E-state index in [2.05, 4.69) is 5.32 Å². The van der Waals surface area contributed by atoms with E-state index in [-0.39, 0.29) is 18.2 Å². The monoisotopic (exact) mass is 464 g/mol. The minimum Gasteiger partial charge on any atom is -0.480 e. The molecule has 0 radical (unpaired) electrons. The molecule has 0 spiro atoms. The van der Waals surface area contributed by atoms with Crippen molar-refractivity contribution in [3.63, 3.8) is 0 Å². The lowest BCUT2D eigenvalue weighted by Gasteiger charge is -2.15. The van der Waals surface area contributed by atoms with Crippen molar-refractivity contribution in [1.29, 1.82) is 0 Å². The van der Waals surface area contributed by atoms with Gasteiger partial charge in [-0.1, -0.05) is 48.5 Å². The van der Waals surface area contributed by atoms with E-state index < -0.39 is 42.0 Å². The molecule has 2 amide bonds. The van der Waals surface area contributed by atoms with Crippen LogP contribution < -0.4 is 10.6 Å². The Morgan fingerprint density at radius 1 is 0.971 bits per heavy atom. The normalized spacial score (nSPS) is 12.9. The smallest absolute Gasteiger partial charge is 0.411 e. The fraction of sp³-hybridized carbons (Fsp3) is 0.160. The van der Waals surface area contributed by atoms with E-state index in [0.29, 0.717) is 0 Å². The zero-order valence-electron chi connectivity index (χ0n) is 17.8. The lowest BCUT2D eigenvalue weighted by Crippen LogP contribution is -2.43. The molecule has 8 nitrogen and oxygen atoms in total. The molecule has 3 aromatic rings.